The summed E-state index contributed by atoms with van der Waals surface area (Å²) < 4.78 is 0.757. The number of rotatable bonds is 3. The molecule has 0 atom stereocenters. The minimum Gasteiger partial charge on any atom is -0.395 e. The number of hydrogen-bond donors (Lipinski definition) is 1. The van der Waals surface area contributed by atoms with Crippen molar-refractivity contribution in [1.82, 2.24) is 9.97 Å². The lowest BCUT2D eigenvalue weighted by molar-refractivity contribution is 0.304. The zero-order valence-corrected chi connectivity index (χ0v) is 9.38. The summed E-state index contributed by atoms with van der Waals surface area (Å²) in [5, 5.41) is 8.92. The molecule has 0 aliphatic heterocycles. The molecule has 0 fully saturated rings. The fraction of sp³-hybridized carbons (Fsp3) is 0.429. The Morgan fingerprint density at radius 1 is 1.69 bits per heavy atom. The summed E-state index contributed by atoms with van der Waals surface area (Å²) in [6.07, 6.45) is 1.58. The van der Waals surface area contributed by atoms with E-state index in [-0.39, 0.29) is 11.9 Å². The van der Waals surface area contributed by atoms with Gasteiger partial charge in [-0.3, -0.25) is 0 Å². The van der Waals surface area contributed by atoms with Gasteiger partial charge < -0.3 is 10.0 Å². The largest absolute Gasteiger partial charge is 0.395 e. The molecule has 0 spiro atoms. The number of hydrogen-bond acceptors (Lipinski definition) is 4. The van der Waals surface area contributed by atoms with E-state index in [2.05, 4.69) is 25.9 Å². The van der Waals surface area contributed by atoms with Crippen molar-refractivity contribution in [3.8, 4) is 0 Å². The van der Waals surface area contributed by atoms with Crippen LogP contribution in [0.3, 0.4) is 0 Å². The summed E-state index contributed by atoms with van der Waals surface area (Å²) in [6, 6.07) is 0. The Balaban J connectivity index is 2.91. The maximum Gasteiger partial charge on any atom is 0.224 e. The van der Waals surface area contributed by atoms with Gasteiger partial charge in [-0.25, -0.2) is 4.98 Å². The molecule has 6 heteroatoms. The van der Waals surface area contributed by atoms with Crippen LogP contribution >= 0.6 is 27.5 Å². The molecule has 0 aliphatic rings. The van der Waals surface area contributed by atoms with Crippen LogP contribution in [0.25, 0.3) is 0 Å². The number of nitrogens with zero attached hydrogens (tertiary/aromatic N) is 3. The lowest BCUT2D eigenvalue weighted by Gasteiger charge is -2.17. The van der Waals surface area contributed by atoms with Crippen LogP contribution in [-0.2, 0) is 0 Å². The Morgan fingerprint density at radius 3 is 3.00 bits per heavy atom. The second kappa shape index (κ2) is 4.74. The van der Waals surface area contributed by atoms with Crippen molar-refractivity contribution in [3.05, 3.63) is 16.0 Å². The van der Waals surface area contributed by atoms with Crippen molar-refractivity contribution < 1.29 is 5.11 Å². The number of halogens is 2. The van der Waals surface area contributed by atoms with Gasteiger partial charge >= 0.3 is 0 Å². The predicted octanol–water partition coefficient (Wildman–Crippen LogP) is 1.32. The van der Waals surface area contributed by atoms with Gasteiger partial charge in [-0.2, -0.15) is 4.98 Å². The van der Waals surface area contributed by atoms with Gasteiger partial charge in [0.25, 0.3) is 0 Å². The molecule has 0 amide bonds. The minimum absolute atomic E-state index is 0.0740. The van der Waals surface area contributed by atoms with Gasteiger partial charge in [0.15, 0.2) is 0 Å². The zero-order chi connectivity index (χ0) is 9.84. The maximum atomic E-state index is 8.72. The van der Waals surface area contributed by atoms with Crippen LogP contribution < -0.4 is 4.90 Å². The predicted molar refractivity (Wildman–Crippen MR) is 55.1 cm³/mol. The highest BCUT2D eigenvalue weighted by molar-refractivity contribution is 9.10. The fourth-order valence-electron chi connectivity index (χ4n) is 0.861. The summed E-state index contributed by atoms with van der Waals surface area (Å²) in [7, 11) is 1.82. The van der Waals surface area contributed by atoms with Crippen LogP contribution in [0, 0.1) is 0 Å². The van der Waals surface area contributed by atoms with Gasteiger partial charge in [-0.15, -0.1) is 0 Å². The fourth-order valence-corrected chi connectivity index (χ4v) is 1.48. The molecular weight excluding hydrogens is 257 g/mol. The number of aliphatic hydroxyl groups is 1. The normalized spacial score (nSPS) is 10.2. The van der Waals surface area contributed by atoms with E-state index in [0.29, 0.717) is 12.4 Å². The summed E-state index contributed by atoms with van der Waals surface area (Å²) in [5.41, 5.74) is 0. The third-order valence-corrected chi connectivity index (χ3v) is 2.23. The number of aliphatic hydroxyl groups excluding tert-OH is 1. The quantitative estimate of drug-likeness (QED) is 0.839. The van der Waals surface area contributed by atoms with Crippen LogP contribution in [0.2, 0.25) is 5.28 Å². The Hall–Kier alpha value is -0.390. The lowest BCUT2D eigenvalue weighted by Crippen LogP contribution is -2.22. The zero-order valence-electron chi connectivity index (χ0n) is 7.04. The summed E-state index contributed by atoms with van der Waals surface area (Å²) in [6.45, 7) is 0.580. The number of anilines is 1. The highest BCUT2D eigenvalue weighted by Gasteiger charge is 2.07. The van der Waals surface area contributed by atoms with E-state index in [4.69, 9.17) is 16.7 Å². The van der Waals surface area contributed by atoms with E-state index in [1.807, 2.05) is 7.05 Å². The highest BCUT2D eigenvalue weighted by Crippen LogP contribution is 2.22. The van der Waals surface area contributed by atoms with Gasteiger partial charge in [-0.05, 0) is 27.5 Å². The minimum atomic E-state index is 0.0740. The molecule has 1 aromatic heterocycles. The Morgan fingerprint density at radius 2 is 2.38 bits per heavy atom. The van der Waals surface area contributed by atoms with E-state index in [9.17, 15) is 0 Å². The molecule has 1 heterocycles. The Labute approximate surface area is 89.7 Å². The molecule has 0 aromatic carbocycles. The summed E-state index contributed by atoms with van der Waals surface area (Å²) >= 11 is 8.92. The van der Waals surface area contributed by atoms with Crippen LogP contribution in [0.1, 0.15) is 0 Å². The van der Waals surface area contributed by atoms with E-state index in [0.717, 1.165) is 4.47 Å². The SMILES string of the molecule is CN(CCO)c1nc(Cl)ncc1Br. The summed E-state index contributed by atoms with van der Waals surface area (Å²) in [5.74, 6) is 0.675. The highest BCUT2D eigenvalue weighted by atomic mass is 79.9. The third kappa shape index (κ3) is 2.79. The van der Waals surface area contributed by atoms with Crippen molar-refractivity contribution in [2.24, 2.45) is 0 Å². The molecule has 0 saturated carbocycles. The molecule has 4 nitrogen and oxygen atoms in total. The van der Waals surface area contributed by atoms with E-state index in [1.54, 1.807) is 11.1 Å². The number of likely N-dealkylation sites (N-methyl/N-ethyl adjacent to an activating group) is 1. The maximum absolute atomic E-state index is 8.72. The second-order valence-electron chi connectivity index (χ2n) is 2.46. The van der Waals surface area contributed by atoms with Crippen molar-refractivity contribution in [2.45, 2.75) is 0 Å². The van der Waals surface area contributed by atoms with Gasteiger partial charge in [-0.1, -0.05) is 0 Å². The van der Waals surface area contributed by atoms with E-state index < -0.39 is 0 Å². The first-order chi connectivity index (χ1) is 6.15. The Bertz CT molecular complexity index is 297. The van der Waals surface area contributed by atoms with Crippen LogP contribution in [0.15, 0.2) is 10.7 Å². The third-order valence-electron chi connectivity index (χ3n) is 1.49. The molecule has 0 saturated heterocycles. The first-order valence-corrected chi connectivity index (χ1v) is 4.82. The molecular formula is C7H9BrClN3O. The number of aromatic nitrogens is 2. The molecule has 1 rings (SSSR count). The van der Waals surface area contributed by atoms with Crippen LogP contribution in [0.4, 0.5) is 5.82 Å². The van der Waals surface area contributed by atoms with Crippen LogP contribution in [0.5, 0.6) is 0 Å². The van der Waals surface area contributed by atoms with E-state index in [1.165, 1.54) is 0 Å². The molecule has 0 radical (unpaired) electrons. The molecule has 0 aliphatic carbocycles. The summed E-state index contributed by atoms with van der Waals surface area (Å²) in [4.78, 5) is 9.60. The monoisotopic (exact) mass is 265 g/mol. The topological polar surface area (TPSA) is 49.2 Å². The molecule has 0 unspecified atom stereocenters. The lowest BCUT2D eigenvalue weighted by atomic mass is 10.5. The average molecular weight is 267 g/mol. The Kier molecular flexibility index (Phi) is 3.90. The van der Waals surface area contributed by atoms with E-state index >= 15 is 0 Å². The van der Waals surface area contributed by atoms with Gasteiger partial charge in [0.2, 0.25) is 5.28 Å². The van der Waals surface area contributed by atoms with Gasteiger partial charge in [0.1, 0.15) is 5.82 Å². The van der Waals surface area contributed by atoms with Crippen molar-refractivity contribution in [3.63, 3.8) is 0 Å². The van der Waals surface area contributed by atoms with Crippen molar-refractivity contribution in [1.29, 1.82) is 0 Å². The average Bonchev–Trinajstić information content (AvgIpc) is 2.09. The second-order valence-corrected chi connectivity index (χ2v) is 3.65. The first-order valence-electron chi connectivity index (χ1n) is 3.65. The molecule has 1 N–H and O–H groups in total. The molecule has 0 bridgehead atoms. The molecule has 1 aromatic rings. The van der Waals surface area contributed by atoms with Crippen molar-refractivity contribution in [2.75, 3.05) is 25.1 Å². The van der Waals surface area contributed by atoms with Gasteiger partial charge in [0.05, 0.1) is 11.1 Å². The van der Waals surface area contributed by atoms with Crippen LogP contribution in [-0.4, -0.2) is 35.3 Å². The smallest absolute Gasteiger partial charge is 0.224 e. The molecule has 72 valence electrons. The standard InChI is InChI=1S/C7H9BrClN3O/c1-12(2-3-13)6-5(8)4-10-7(9)11-6/h4,13H,2-3H2,1H3. The van der Waals surface area contributed by atoms with Gasteiger partial charge in [0, 0.05) is 19.8 Å². The molecule has 13 heavy (non-hydrogen) atoms. The van der Waals surface area contributed by atoms with Crippen molar-refractivity contribution >= 4 is 33.3 Å². The first kappa shape index (κ1) is 10.7.